The Morgan fingerprint density at radius 2 is 1.89 bits per heavy atom. The number of hydrogen-bond donors (Lipinski definition) is 1. The Hall–Kier alpha value is -0.0800. The maximum atomic E-state index is 6.42. The molecule has 1 heterocycles. The smallest absolute Gasteiger partial charge is 0.0687 e. The van der Waals surface area contributed by atoms with Crippen molar-refractivity contribution in [3.63, 3.8) is 0 Å². The van der Waals surface area contributed by atoms with Gasteiger partial charge in [-0.25, -0.2) is 0 Å². The number of hydrogen-bond acceptors (Lipinski definition) is 2. The van der Waals surface area contributed by atoms with Crippen LogP contribution in [0, 0.1) is 5.41 Å². The predicted molar refractivity (Wildman–Crippen MR) is 76.8 cm³/mol. The third-order valence-corrected chi connectivity index (χ3v) is 4.62. The third-order valence-electron chi connectivity index (χ3n) is 4.62. The van der Waals surface area contributed by atoms with Gasteiger partial charge in [0.2, 0.25) is 0 Å². The second-order valence-corrected chi connectivity index (χ2v) is 7.57. The van der Waals surface area contributed by atoms with Crippen molar-refractivity contribution in [3.05, 3.63) is 0 Å². The topological polar surface area (TPSA) is 21.3 Å². The van der Waals surface area contributed by atoms with E-state index in [0.717, 1.165) is 6.54 Å². The molecule has 2 aliphatic rings. The Balaban J connectivity index is 1.79. The van der Waals surface area contributed by atoms with Gasteiger partial charge in [0.05, 0.1) is 11.7 Å². The Kier molecular flexibility index (Phi) is 4.38. The summed E-state index contributed by atoms with van der Waals surface area (Å²) in [6.45, 7) is 10.3. The molecule has 106 valence electrons. The zero-order chi connectivity index (χ0) is 13.2. The summed E-state index contributed by atoms with van der Waals surface area (Å²) in [6, 6.07) is 0.579. The van der Waals surface area contributed by atoms with Crippen LogP contribution in [0.4, 0.5) is 0 Å². The SMILES string of the molecule is CC(C)NCC(C)(C)CC1CCC2(CCCC2)O1. The zero-order valence-corrected chi connectivity index (χ0v) is 12.7. The Labute approximate surface area is 113 Å². The summed E-state index contributed by atoms with van der Waals surface area (Å²) >= 11 is 0. The highest BCUT2D eigenvalue weighted by atomic mass is 16.5. The van der Waals surface area contributed by atoms with E-state index in [2.05, 4.69) is 33.0 Å². The molecule has 1 saturated heterocycles. The van der Waals surface area contributed by atoms with Gasteiger partial charge in [0.1, 0.15) is 0 Å². The van der Waals surface area contributed by atoms with Gasteiger partial charge in [-0.1, -0.05) is 40.5 Å². The van der Waals surface area contributed by atoms with Gasteiger partial charge >= 0.3 is 0 Å². The summed E-state index contributed by atoms with van der Waals surface area (Å²) in [5.74, 6) is 0. The summed E-state index contributed by atoms with van der Waals surface area (Å²) in [4.78, 5) is 0. The van der Waals surface area contributed by atoms with Gasteiger partial charge in [0.15, 0.2) is 0 Å². The highest BCUT2D eigenvalue weighted by Crippen LogP contribution is 2.45. The number of rotatable bonds is 5. The highest BCUT2D eigenvalue weighted by molar-refractivity contribution is 4.94. The van der Waals surface area contributed by atoms with Crippen LogP contribution in [0.15, 0.2) is 0 Å². The first-order valence-electron chi connectivity index (χ1n) is 7.82. The molecule has 0 aromatic rings. The molecule has 2 heteroatoms. The van der Waals surface area contributed by atoms with Crippen LogP contribution < -0.4 is 5.32 Å². The average Bonchev–Trinajstić information content (AvgIpc) is 2.87. The minimum atomic E-state index is 0.298. The molecule has 1 N–H and O–H groups in total. The highest BCUT2D eigenvalue weighted by Gasteiger charge is 2.43. The molecule has 1 unspecified atom stereocenters. The van der Waals surface area contributed by atoms with Crippen LogP contribution in [0.1, 0.15) is 72.6 Å². The normalized spacial score (nSPS) is 27.5. The fraction of sp³-hybridized carbons (Fsp3) is 1.00. The van der Waals surface area contributed by atoms with Gasteiger partial charge in [0, 0.05) is 12.6 Å². The molecule has 0 aromatic carbocycles. The summed E-state index contributed by atoms with van der Waals surface area (Å²) in [6.07, 6.45) is 9.69. The molecule has 1 aliphatic carbocycles. The Bertz CT molecular complexity index is 266. The minimum absolute atomic E-state index is 0.298. The molecule has 18 heavy (non-hydrogen) atoms. The summed E-state index contributed by atoms with van der Waals surface area (Å²) < 4.78 is 6.42. The largest absolute Gasteiger partial charge is 0.372 e. The second-order valence-electron chi connectivity index (χ2n) is 7.57. The van der Waals surface area contributed by atoms with Crippen molar-refractivity contribution in [1.82, 2.24) is 5.32 Å². The fourth-order valence-corrected chi connectivity index (χ4v) is 3.60. The molecule has 1 saturated carbocycles. The van der Waals surface area contributed by atoms with Gasteiger partial charge in [-0.15, -0.1) is 0 Å². The lowest BCUT2D eigenvalue weighted by molar-refractivity contribution is -0.0503. The fourth-order valence-electron chi connectivity index (χ4n) is 3.60. The van der Waals surface area contributed by atoms with Crippen LogP contribution >= 0.6 is 0 Å². The first kappa shape index (κ1) is 14.3. The van der Waals surface area contributed by atoms with Crippen LogP contribution in [0.3, 0.4) is 0 Å². The van der Waals surface area contributed by atoms with E-state index in [9.17, 15) is 0 Å². The quantitative estimate of drug-likeness (QED) is 0.802. The number of nitrogens with one attached hydrogen (secondary N) is 1. The van der Waals surface area contributed by atoms with Crippen LogP contribution in [0.5, 0.6) is 0 Å². The van der Waals surface area contributed by atoms with Crippen LogP contribution in [-0.4, -0.2) is 24.3 Å². The van der Waals surface area contributed by atoms with Crippen LogP contribution in [0.25, 0.3) is 0 Å². The third kappa shape index (κ3) is 3.71. The minimum Gasteiger partial charge on any atom is -0.372 e. The zero-order valence-electron chi connectivity index (χ0n) is 12.7. The van der Waals surface area contributed by atoms with Crippen molar-refractivity contribution in [2.24, 2.45) is 5.41 Å². The molecule has 2 nitrogen and oxygen atoms in total. The molecule has 2 fully saturated rings. The maximum Gasteiger partial charge on any atom is 0.0687 e. The predicted octanol–water partition coefficient (Wildman–Crippen LogP) is 3.89. The lowest BCUT2D eigenvalue weighted by atomic mass is 9.85. The van der Waals surface area contributed by atoms with Gasteiger partial charge in [0.25, 0.3) is 0 Å². The molecule has 2 rings (SSSR count). The van der Waals surface area contributed by atoms with Crippen molar-refractivity contribution >= 4 is 0 Å². The summed E-state index contributed by atoms with van der Waals surface area (Å²) in [7, 11) is 0. The van der Waals surface area contributed by atoms with Gasteiger partial charge in [-0.05, 0) is 37.5 Å². The Morgan fingerprint density at radius 1 is 1.22 bits per heavy atom. The summed E-state index contributed by atoms with van der Waals surface area (Å²) in [5.41, 5.74) is 0.644. The Morgan fingerprint density at radius 3 is 2.50 bits per heavy atom. The number of ether oxygens (including phenoxy) is 1. The van der Waals surface area contributed by atoms with Crippen molar-refractivity contribution in [2.45, 2.75) is 90.4 Å². The van der Waals surface area contributed by atoms with Crippen LogP contribution in [-0.2, 0) is 4.74 Å². The van der Waals surface area contributed by atoms with Crippen LogP contribution in [0.2, 0.25) is 0 Å². The molecular weight excluding hydrogens is 222 g/mol. The van der Waals surface area contributed by atoms with Gasteiger partial charge in [-0.2, -0.15) is 0 Å². The molecular formula is C16H31NO. The molecule has 1 spiro atoms. The lowest BCUT2D eigenvalue weighted by Crippen LogP contribution is -2.36. The van der Waals surface area contributed by atoms with Gasteiger partial charge < -0.3 is 10.1 Å². The molecule has 0 radical (unpaired) electrons. The molecule has 0 amide bonds. The van der Waals surface area contributed by atoms with E-state index in [0.29, 0.717) is 23.2 Å². The van der Waals surface area contributed by atoms with E-state index >= 15 is 0 Å². The molecule has 1 aliphatic heterocycles. The molecule has 0 bridgehead atoms. The van der Waals surface area contributed by atoms with E-state index in [-0.39, 0.29) is 0 Å². The van der Waals surface area contributed by atoms with Gasteiger partial charge in [-0.3, -0.25) is 0 Å². The summed E-state index contributed by atoms with van der Waals surface area (Å²) in [5, 5.41) is 3.57. The van der Waals surface area contributed by atoms with Crippen molar-refractivity contribution in [3.8, 4) is 0 Å². The van der Waals surface area contributed by atoms with E-state index in [1.807, 2.05) is 0 Å². The lowest BCUT2D eigenvalue weighted by Gasteiger charge is -2.31. The first-order valence-corrected chi connectivity index (χ1v) is 7.82. The molecule has 1 atom stereocenters. The first-order chi connectivity index (χ1) is 8.41. The average molecular weight is 253 g/mol. The second kappa shape index (κ2) is 5.50. The van der Waals surface area contributed by atoms with Crippen molar-refractivity contribution in [1.29, 1.82) is 0 Å². The van der Waals surface area contributed by atoms with Crippen molar-refractivity contribution in [2.75, 3.05) is 6.54 Å². The van der Waals surface area contributed by atoms with E-state index in [1.165, 1.54) is 44.9 Å². The monoisotopic (exact) mass is 253 g/mol. The van der Waals surface area contributed by atoms with E-state index in [4.69, 9.17) is 4.74 Å². The standard InChI is InChI=1S/C16H31NO/c1-13(2)17-12-15(3,4)11-14-7-10-16(18-14)8-5-6-9-16/h13-14,17H,5-12H2,1-4H3. The van der Waals surface area contributed by atoms with E-state index < -0.39 is 0 Å². The van der Waals surface area contributed by atoms with E-state index in [1.54, 1.807) is 0 Å². The molecule has 0 aromatic heterocycles. The van der Waals surface area contributed by atoms with Crippen molar-refractivity contribution < 1.29 is 4.74 Å². The maximum absolute atomic E-state index is 6.42.